The second kappa shape index (κ2) is 12.0. The first-order valence-electron chi connectivity index (χ1n) is 14.5. The second-order valence-corrected chi connectivity index (χ2v) is 11.0. The van der Waals surface area contributed by atoms with E-state index in [4.69, 9.17) is 0 Å². The Morgan fingerprint density at radius 1 is 1.05 bits per heavy atom. The molecule has 4 aromatic rings. The van der Waals surface area contributed by atoms with E-state index in [0.717, 1.165) is 50.8 Å². The molecule has 2 aliphatic rings. The first-order chi connectivity index (χ1) is 20.4. The Kier molecular flexibility index (Phi) is 7.96. The quantitative estimate of drug-likeness (QED) is 0.331. The number of aliphatic hydroxyl groups is 1. The third-order valence-electron chi connectivity index (χ3n) is 8.34. The first kappa shape index (κ1) is 28.0. The summed E-state index contributed by atoms with van der Waals surface area (Å²) in [7, 11) is 0. The number of hydrogen-bond donors (Lipinski definition) is 2. The zero-order chi connectivity index (χ0) is 29.2. The number of halogens is 2. The van der Waals surface area contributed by atoms with Crippen molar-refractivity contribution in [3.8, 4) is 0 Å². The minimum Gasteiger partial charge on any atom is -0.396 e. The van der Waals surface area contributed by atoms with Crippen molar-refractivity contribution >= 4 is 34.4 Å². The van der Waals surface area contributed by atoms with Crippen molar-refractivity contribution in [2.45, 2.75) is 45.1 Å². The van der Waals surface area contributed by atoms with Gasteiger partial charge in [-0.15, -0.1) is 0 Å². The number of carbonyl (C=O) groups is 1. The fourth-order valence-corrected chi connectivity index (χ4v) is 5.91. The van der Waals surface area contributed by atoms with Gasteiger partial charge in [0, 0.05) is 63.0 Å². The predicted molar refractivity (Wildman–Crippen MR) is 155 cm³/mol. The van der Waals surface area contributed by atoms with Crippen LogP contribution in [0.1, 0.15) is 54.6 Å². The van der Waals surface area contributed by atoms with E-state index in [0.29, 0.717) is 24.7 Å². The zero-order valence-corrected chi connectivity index (χ0v) is 23.5. The minimum absolute atomic E-state index is 0.0214. The Balaban J connectivity index is 1.17. The summed E-state index contributed by atoms with van der Waals surface area (Å²) < 4.78 is 32.4. The number of benzene rings is 1. The molecule has 0 saturated carbocycles. The normalized spacial score (nSPS) is 18.0. The van der Waals surface area contributed by atoms with E-state index < -0.39 is 11.6 Å². The van der Waals surface area contributed by atoms with Crippen LogP contribution in [-0.2, 0) is 6.42 Å². The highest BCUT2D eigenvalue weighted by Crippen LogP contribution is 2.33. The summed E-state index contributed by atoms with van der Waals surface area (Å²) in [6, 6.07) is 4.21. The van der Waals surface area contributed by atoms with Gasteiger partial charge in [-0.2, -0.15) is 0 Å². The van der Waals surface area contributed by atoms with Gasteiger partial charge in [0.2, 0.25) is 5.95 Å². The molecule has 0 spiro atoms. The molecule has 2 fully saturated rings. The van der Waals surface area contributed by atoms with E-state index >= 15 is 8.78 Å². The summed E-state index contributed by atoms with van der Waals surface area (Å²) in [5, 5.41) is 12.6. The van der Waals surface area contributed by atoms with E-state index in [-0.39, 0.29) is 46.9 Å². The summed E-state index contributed by atoms with van der Waals surface area (Å²) in [6.07, 6.45) is 10.5. The molecule has 220 valence electrons. The molecule has 1 atom stereocenters. The number of hydrogen-bond acceptors (Lipinski definition) is 8. The first-order valence-corrected chi connectivity index (χ1v) is 14.5. The Morgan fingerprint density at radius 3 is 2.55 bits per heavy atom. The highest BCUT2D eigenvalue weighted by molar-refractivity contribution is 5.95. The Morgan fingerprint density at radius 2 is 1.83 bits per heavy atom. The monoisotopic (exact) mass is 576 g/mol. The van der Waals surface area contributed by atoms with Gasteiger partial charge in [-0.1, -0.05) is 6.92 Å². The Bertz CT molecular complexity index is 1570. The average Bonchev–Trinajstić information content (AvgIpc) is 3.38. The number of carbonyl (C=O) groups excluding carboxylic acids is 1. The van der Waals surface area contributed by atoms with Crippen molar-refractivity contribution < 1.29 is 18.7 Å². The fraction of sp³-hybridized carbons (Fsp3) is 0.433. The second-order valence-electron chi connectivity index (χ2n) is 11.0. The number of fused-ring (bicyclic) bond motifs is 1. The third-order valence-corrected chi connectivity index (χ3v) is 8.34. The molecule has 0 bridgehead atoms. The van der Waals surface area contributed by atoms with Crippen molar-refractivity contribution in [3.05, 3.63) is 65.9 Å². The van der Waals surface area contributed by atoms with Crippen LogP contribution >= 0.6 is 0 Å². The van der Waals surface area contributed by atoms with Gasteiger partial charge in [0.05, 0.1) is 11.1 Å². The molecule has 12 heteroatoms. The van der Waals surface area contributed by atoms with Crippen LogP contribution in [0.4, 0.5) is 26.2 Å². The third kappa shape index (κ3) is 5.50. The summed E-state index contributed by atoms with van der Waals surface area (Å²) >= 11 is 0. The number of amides is 1. The zero-order valence-electron chi connectivity index (χ0n) is 23.5. The lowest BCUT2D eigenvalue weighted by Crippen LogP contribution is -2.40. The molecule has 0 aliphatic carbocycles. The lowest BCUT2D eigenvalue weighted by Gasteiger charge is -2.32. The van der Waals surface area contributed by atoms with Crippen LogP contribution in [-0.4, -0.2) is 73.2 Å². The molecule has 5 heterocycles. The molecule has 3 aromatic heterocycles. The van der Waals surface area contributed by atoms with Gasteiger partial charge in [0.25, 0.3) is 5.91 Å². The van der Waals surface area contributed by atoms with Gasteiger partial charge in [-0.25, -0.2) is 28.7 Å². The molecule has 0 unspecified atom stereocenters. The molecular formula is C30H34F2N8O2. The van der Waals surface area contributed by atoms with Crippen LogP contribution < -0.4 is 10.2 Å². The Hall–Kier alpha value is -4.19. The smallest absolute Gasteiger partial charge is 0.253 e. The maximum Gasteiger partial charge on any atom is 0.253 e. The molecule has 2 aliphatic heterocycles. The predicted octanol–water partition coefficient (Wildman–Crippen LogP) is 4.49. The SMILES string of the molecule is CCc1cnc(N2CCC(n3cc(F)c4c(Nc5ccc(C(=O)N6CCC[C@@H](CO)C6)cc5F)ncnc43)CC2)nc1. The molecule has 1 aromatic carbocycles. The van der Waals surface area contributed by atoms with Gasteiger partial charge >= 0.3 is 0 Å². The maximum absolute atomic E-state index is 15.3. The van der Waals surface area contributed by atoms with Crippen LogP contribution in [0.3, 0.4) is 0 Å². The van der Waals surface area contributed by atoms with E-state index in [2.05, 4.69) is 37.1 Å². The molecule has 0 radical (unpaired) electrons. The fourth-order valence-electron chi connectivity index (χ4n) is 5.91. The lowest BCUT2D eigenvalue weighted by atomic mass is 9.98. The number of nitrogens with zero attached hydrogens (tertiary/aromatic N) is 7. The van der Waals surface area contributed by atoms with E-state index in [1.165, 1.54) is 24.7 Å². The van der Waals surface area contributed by atoms with Crippen LogP contribution in [0, 0.1) is 17.6 Å². The summed E-state index contributed by atoms with van der Waals surface area (Å²) in [5.74, 6) is -0.535. The van der Waals surface area contributed by atoms with Crippen molar-refractivity contribution in [2.24, 2.45) is 5.92 Å². The number of aliphatic hydroxyl groups excluding tert-OH is 1. The van der Waals surface area contributed by atoms with E-state index in [1.807, 2.05) is 17.0 Å². The molecule has 42 heavy (non-hydrogen) atoms. The van der Waals surface area contributed by atoms with Gasteiger partial charge in [0.15, 0.2) is 5.82 Å². The number of nitrogens with one attached hydrogen (secondary N) is 1. The maximum atomic E-state index is 15.3. The number of anilines is 3. The number of likely N-dealkylation sites (tertiary alicyclic amines) is 1. The number of piperidine rings is 2. The Labute approximate surface area is 242 Å². The number of rotatable bonds is 7. The van der Waals surface area contributed by atoms with Gasteiger partial charge in [0.1, 0.15) is 23.6 Å². The van der Waals surface area contributed by atoms with Crippen LogP contribution in [0.25, 0.3) is 11.0 Å². The summed E-state index contributed by atoms with van der Waals surface area (Å²) in [6.45, 7) is 4.56. The van der Waals surface area contributed by atoms with Gasteiger partial charge in [-0.05, 0) is 61.8 Å². The van der Waals surface area contributed by atoms with Gasteiger partial charge in [-0.3, -0.25) is 4.79 Å². The topological polar surface area (TPSA) is 112 Å². The molecule has 1 amide bonds. The molecule has 6 rings (SSSR count). The molecule has 2 N–H and O–H groups in total. The standard InChI is InChI=1S/C30H34F2N8O2/c1-2-19-13-33-30(34-14-19)38-10-7-22(8-11-38)40-16-24(32)26-27(35-18-36-28(26)40)37-25-6-5-21(12-23(25)31)29(42)39-9-3-4-20(15-39)17-41/h5-6,12-14,16,18,20,22,41H,2-4,7-11,15,17H2,1H3,(H,35,36,37)/t20-/m1/s1. The van der Waals surface area contributed by atoms with Crippen molar-refractivity contribution in [2.75, 3.05) is 43.0 Å². The number of aryl methyl sites for hydroxylation is 1. The van der Waals surface area contributed by atoms with Crippen molar-refractivity contribution in [1.82, 2.24) is 29.4 Å². The van der Waals surface area contributed by atoms with Crippen LogP contribution in [0.2, 0.25) is 0 Å². The lowest BCUT2D eigenvalue weighted by molar-refractivity contribution is 0.0620. The largest absolute Gasteiger partial charge is 0.396 e. The molecule has 2 saturated heterocycles. The van der Waals surface area contributed by atoms with Crippen molar-refractivity contribution in [1.29, 1.82) is 0 Å². The average molecular weight is 577 g/mol. The minimum atomic E-state index is -0.648. The number of aromatic nitrogens is 5. The van der Waals surface area contributed by atoms with Crippen molar-refractivity contribution in [3.63, 3.8) is 0 Å². The highest BCUT2D eigenvalue weighted by Gasteiger charge is 2.27. The molecular weight excluding hydrogens is 542 g/mol. The van der Waals surface area contributed by atoms with Crippen LogP contribution in [0.5, 0.6) is 0 Å². The molecule has 10 nitrogen and oxygen atoms in total. The summed E-state index contributed by atoms with van der Waals surface area (Å²) in [5.41, 5.74) is 1.82. The van der Waals surface area contributed by atoms with E-state index in [9.17, 15) is 9.90 Å². The van der Waals surface area contributed by atoms with Crippen LogP contribution in [0.15, 0.2) is 43.1 Å². The van der Waals surface area contributed by atoms with E-state index in [1.54, 1.807) is 11.0 Å². The highest BCUT2D eigenvalue weighted by atomic mass is 19.1. The summed E-state index contributed by atoms with van der Waals surface area (Å²) in [4.78, 5) is 34.3. The van der Waals surface area contributed by atoms with Gasteiger partial charge < -0.3 is 24.8 Å².